The number of hydrogen-bond donors (Lipinski definition) is 1. The number of anilines is 2. The highest BCUT2D eigenvalue weighted by Crippen LogP contribution is 2.38. The second-order valence-corrected chi connectivity index (χ2v) is 13.4. The zero-order valence-corrected chi connectivity index (χ0v) is 29.2. The zero-order chi connectivity index (χ0) is 31.7. The Bertz CT molecular complexity index is 1290. The zero-order valence-electron chi connectivity index (χ0n) is 29.2. The lowest BCUT2D eigenvalue weighted by Crippen LogP contribution is -2.30. The van der Waals surface area contributed by atoms with Gasteiger partial charge in [0, 0.05) is 47.3 Å². The third kappa shape index (κ3) is 10.6. The Morgan fingerprint density at radius 1 is 0.711 bits per heavy atom. The highest BCUT2D eigenvalue weighted by atomic mass is 16.5. The second-order valence-electron chi connectivity index (χ2n) is 13.4. The average Bonchev–Trinajstić information content (AvgIpc) is 3.06. The number of unbranched alkanes of at least 4 members (excludes halogenated alkanes) is 15. The number of methoxy groups -OCH3 is 2. The maximum Gasteiger partial charge on any atom is 0.131 e. The van der Waals surface area contributed by atoms with E-state index in [4.69, 9.17) is 9.47 Å². The third-order valence-electron chi connectivity index (χ3n) is 9.85. The van der Waals surface area contributed by atoms with Crippen LogP contribution in [0, 0.1) is 6.92 Å². The van der Waals surface area contributed by atoms with Gasteiger partial charge in [-0.2, -0.15) is 0 Å². The molecular formula is C41H62N2O2. The van der Waals surface area contributed by atoms with Gasteiger partial charge in [-0.05, 0) is 55.5 Å². The molecule has 0 amide bonds. The van der Waals surface area contributed by atoms with Crippen molar-refractivity contribution in [2.45, 2.75) is 136 Å². The maximum atomic E-state index is 5.89. The van der Waals surface area contributed by atoms with Crippen LogP contribution in [0.3, 0.4) is 0 Å². The quantitative estimate of drug-likeness (QED) is 0.114. The fourth-order valence-corrected chi connectivity index (χ4v) is 7.19. The van der Waals surface area contributed by atoms with Crippen LogP contribution in [0.2, 0.25) is 0 Å². The molecule has 3 aromatic carbocycles. The van der Waals surface area contributed by atoms with E-state index in [1.54, 1.807) is 14.2 Å². The molecule has 1 N–H and O–H groups in total. The molecule has 1 aliphatic heterocycles. The fourth-order valence-electron chi connectivity index (χ4n) is 7.19. The molecular weight excluding hydrogens is 552 g/mol. The molecule has 45 heavy (non-hydrogen) atoms. The van der Waals surface area contributed by atoms with Gasteiger partial charge in [-0.1, -0.05) is 128 Å². The summed E-state index contributed by atoms with van der Waals surface area (Å²) in [5, 5.41) is 5.90. The first-order valence-corrected chi connectivity index (χ1v) is 18.4. The minimum Gasteiger partial charge on any atom is -0.496 e. The SMILES string of the molecule is CCCCCCCCCCCCCCCCCCN1CCCc2cc(NCc3cc(OC)c4ccccc4c3OC)c(C)cc21. The summed E-state index contributed by atoms with van der Waals surface area (Å²) in [6, 6.07) is 15.2. The van der Waals surface area contributed by atoms with Gasteiger partial charge in [-0.25, -0.2) is 0 Å². The molecule has 0 radical (unpaired) electrons. The van der Waals surface area contributed by atoms with Gasteiger partial charge in [0.05, 0.1) is 14.2 Å². The molecule has 0 aromatic heterocycles. The van der Waals surface area contributed by atoms with Crippen molar-refractivity contribution < 1.29 is 9.47 Å². The molecule has 0 unspecified atom stereocenters. The Morgan fingerprint density at radius 3 is 1.91 bits per heavy atom. The van der Waals surface area contributed by atoms with Gasteiger partial charge in [-0.3, -0.25) is 0 Å². The van der Waals surface area contributed by atoms with Gasteiger partial charge in [0.25, 0.3) is 0 Å². The highest BCUT2D eigenvalue weighted by Gasteiger charge is 2.19. The monoisotopic (exact) mass is 614 g/mol. The highest BCUT2D eigenvalue weighted by molar-refractivity contribution is 5.94. The Balaban J connectivity index is 1.17. The molecule has 4 nitrogen and oxygen atoms in total. The molecule has 0 saturated carbocycles. The summed E-state index contributed by atoms with van der Waals surface area (Å²) in [6.45, 7) is 7.60. The molecule has 1 aliphatic rings. The fraction of sp³-hybridized carbons (Fsp3) is 0.610. The molecule has 1 heterocycles. The Labute approximate surface area is 275 Å². The smallest absolute Gasteiger partial charge is 0.131 e. The van der Waals surface area contributed by atoms with E-state index in [1.807, 2.05) is 6.07 Å². The summed E-state index contributed by atoms with van der Waals surface area (Å²) in [7, 11) is 3.50. The average molecular weight is 615 g/mol. The summed E-state index contributed by atoms with van der Waals surface area (Å²) in [5.74, 6) is 1.80. The summed E-state index contributed by atoms with van der Waals surface area (Å²) >= 11 is 0. The topological polar surface area (TPSA) is 33.7 Å². The first-order chi connectivity index (χ1) is 22.2. The largest absolute Gasteiger partial charge is 0.496 e. The Morgan fingerprint density at radius 2 is 1.31 bits per heavy atom. The number of nitrogens with zero attached hydrogens (tertiary/aromatic N) is 1. The van der Waals surface area contributed by atoms with Crippen LogP contribution >= 0.6 is 0 Å². The number of fused-ring (bicyclic) bond motifs is 2. The minimum absolute atomic E-state index is 0.687. The number of rotatable bonds is 22. The molecule has 0 spiro atoms. The van der Waals surface area contributed by atoms with Gasteiger partial charge >= 0.3 is 0 Å². The summed E-state index contributed by atoms with van der Waals surface area (Å²) in [4.78, 5) is 2.65. The van der Waals surface area contributed by atoms with Gasteiger partial charge in [0.1, 0.15) is 11.5 Å². The lowest BCUT2D eigenvalue weighted by Gasteiger charge is -2.32. The number of benzene rings is 3. The van der Waals surface area contributed by atoms with Crippen LogP contribution in [0.15, 0.2) is 42.5 Å². The van der Waals surface area contributed by atoms with Crippen molar-refractivity contribution in [3.05, 3.63) is 59.2 Å². The van der Waals surface area contributed by atoms with E-state index in [-0.39, 0.29) is 0 Å². The number of ether oxygens (including phenoxy) is 2. The van der Waals surface area contributed by atoms with E-state index >= 15 is 0 Å². The van der Waals surface area contributed by atoms with Crippen molar-refractivity contribution in [1.82, 2.24) is 0 Å². The van der Waals surface area contributed by atoms with Gasteiger partial charge in [0.2, 0.25) is 0 Å². The Hall–Kier alpha value is -2.88. The van der Waals surface area contributed by atoms with Crippen LogP contribution in [0.1, 0.15) is 133 Å². The van der Waals surface area contributed by atoms with Crippen LogP contribution < -0.4 is 19.7 Å². The molecule has 0 fully saturated rings. The van der Waals surface area contributed by atoms with Crippen molar-refractivity contribution in [3.8, 4) is 11.5 Å². The van der Waals surface area contributed by atoms with Gasteiger partial charge in [-0.15, -0.1) is 0 Å². The molecule has 0 bridgehead atoms. The third-order valence-corrected chi connectivity index (χ3v) is 9.85. The van der Waals surface area contributed by atoms with Crippen LogP contribution in [0.4, 0.5) is 11.4 Å². The predicted octanol–water partition coefficient (Wildman–Crippen LogP) is 11.8. The molecule has 0 atom stereocenters. The Kier molecular flexibility index (Phi) is 15.2. The lowest BCUT2D eigenvalue weighted by atomic mass is 9.97. The van der Waals surface area contributed by atoms with Crippen LogP contribution in [0.5, 0.6) is 11.5 Å². The lowest BCUT2D eigenvalue weighted by molar-refractivity contribution is 0.407. The van der Waals surface area contributed by atoms with E-state index in [1.165, 1.54) is 145 Å². The molecule has 0 aliphatic carbocycles. The van der Waals surface area contributed by atoms with Crippen molar-refractivity contribution >= 4 is 22.1 Å². The van der Waals surface area contributed by atoms with Crippen LogP contribution in [-0.2, 0) is 13.0 Å². The standard InChI is InChI=1S/C41H62N2O2/c1-5-6-7-8-9-10-11-12-13-14-15-16-17-18-19-22-27-43-28-23-24-34-30-38(33(2)29-39(34)43)42-32-35-31-40(44-3)36-25-20-21-26-37(36)41(35)45-4/h20-21,25-26,29-31,42H,5-19,22-24,27-28,32H2,1-4H3. The van der Waals surface area contributed by atoms with Crippen molar-refractivity contribution in [2.75, 3.05) is 37.5 Å². The summed E-state index contributed by atoms with van der Waals surface area (Å²) < 4.78 is 11.6. The predicted molar refractivity (Wildman–Crippen MR) is 196 cm³/mol. The minimum atomic E-state index is 0.687. The first kappa shape index (κ1) is 35.0. The summed E-state index contributed by atoms with van der Waals surface area (Å²) in [6.07, 6.45) is 25.1. The molecule has 248 valence electrons. The van der Waals surface area contributed by atoms with Gasteiger partial charge in [0.15, 0.2) is 0 Å². The van der Waals surface area contributed by atoms with E-state index in [2.05, 4.69) is 60.5 Å². The van der Waals surface area contributed by atoms with Gasteiger partial charge < -0.3 is 19.7 Å². The van der Waals surface area contributed by atoms with E-state index in [0.717, 1.165) is 34.3 Å². The molecule has 4 heteroatoms. The molecule has 3 aromatic rings. The number of nitrogens with one attached hydrogen (secondary N) is 1. The van der Waals surface area contributed by atoms with Crippen molar-refractivity contribution in [3.63, 3.8) is 0 Å². The van der Waals surface area contributed by atoms with Crippen LogP contribution in [0.25, 0.3) is 10.8 Å². The maximum absolute atomic E-state index is 5.89. The molecule has 0 saturated heterocycles. The first-order valence-electron chi connectivity index (χ1n) is 18.4. The van der Waals surface area contributed by atoms with Crippen molar-refractivity contribution in [2.24, 2.45) is 0 Å². The van der Waals surface area contributed by atoms with E-state index in [0.29, 0.717) is 6.54 Å². The second kappa shape index (κ2) is 19.6. The summed E-state index contributed by atoms with van der Waals surface area (Å²) in [5.41, 5.74) is 6.56. The van der Waals surface area contributed by atoms with Crippen LogP contribution in [-0.4, -0.2) is 27.3 Å². The van der Waals surface area contributed by atoms with E-state index in [9.17, 15) is 0 Å². The molecule has 4 rings (SSSR count). The van der Waals surface area contributed by atoms with Crippen molar-refractivity contribution in [1.29, 1.82) is 0 Å². The van der Waals surface area contributed by atoms with E-state index < -0.39 is 0 Å². The number of hydrogen-bond acceptors (Lipinski definition) is 4. The number of aryl methyl sites for hydroxylation is 2. The normalized spacial score (nSPS) is 12.8.